The summed E-state index contributed by atoms with van der Waals surface area (Å²) in [5.74, 6) is 0.520. The van der Waals surface area contributed by atoms with Gasteiger partial charge >= 0.3 is 0 Å². The molecule has 0 spiro atoms. The average Bonchev–Trinajstić information content (AvgIpc) is 3.23. The Labute approximate surface area is 153 Å². The second kappa shape index (κ2) is 6.74. The van der Waals surface area contributed by atoms with Crippen LogP contribution in [-0.4, -0.2) is 44.9 Å². The third-order valence-electron chi connectivity index (χ3n) is 4.78. The van der Waals surface area contributed by atoms with E-state index in [1.54, 1.807) is 17.0 Å². The van der Waals surface area contributed by atoms with Gasteiger partial charge in [0, 0.05) is 18.7 Å². The Morgan fingerprint density at radius 1 is 0.923 bits per heavy atom. The first kappa shape index (κ1) is 17.1. The molecule has 0 atom stereocenters. The Kier molecular flexibility index (Phi) is 4.42. The molecule has 6 nitrogen and oxygen atoms in total. The summed E-state index contributed by atoms with van der Waals surface area (Å²) < 4.78 is 32.3. The van der Waals surface area contributed by atoms with Crippen molar-refractivity contribution in [2.24, 2.45) is 0 Å². The van der Waals surface area contributed by atoms with Gasteiger partial charge < -0.3 is 9.64 Å². The first-order chi connectivity index (χ1) is 12.6. The Bertz CT molecular complexity index is 919. The van der Waals surface area contributed by atoms with Gasteiger partial charge in [0.15, 0.2) is 0 Å². The number of hydrogen-bond acceptors (Lipinski definition) is 4. The van der Waals surface area contributed by atoms with Gasteiger partial charge in [0.2, 0.25) is 10.0 Å². The summed E-state index contributed by atoms with van der Waals surface area (Å²) in [4.78, 5) is 14.8. The zero-order valence-corrected chi connectivity index (χ0v) is 15.1. The summed E-state index contributed by atoms with van der Waals surface area (Å²) in [6.45, 7) is 2.02. The predicted octanol–water partition coefficient (Wildman–Crippen LogP) is 2.51. The van der Waals surface area contributed by atoms with E-state index in [-0.39, 0.29) is 10.8 Å². The van der Waals surface area contributed by atoms with Gasteiger partial charge in [0.1, 0.15) is 12.4 Å². The van der Waals surface area contributed by atoms with Crippen LogP contribution in [0.3, 0.4) is 0 Å². The second-order valence-corrected chi connectivity index (χ2v) is 8.35. The molecule has 4 rings (SSSR count). The fraction of sp³-hybridized carbons (Fsp3) is 0.316. The minimum Gasteiger partial charge on any atom is -0.490 e. The van der Waals surface area contributed by atoms with E-state index >= 15 is 0 Å². The SMILES string of the molecule is O=C(c1ccc(S(=O)(=O)N2CCCC2)cc1)N1CCOc2ccccc21. The maximum atomic E-state index is 12.9. The Morgan fingerprint density at radius 2 is 1.62 bits per heavy atom. The van der Waals surface area contributed by atoms with Gasteiger partial charge in [-0.25, -0.2) is 8.42 Å². The van der Waals surface area contributed by atoms with Crippen molar-refractivity contribution in [1.82, 2.24) is 4.31 Å². The molecule has 7 heteroatoms. The maximum absolute atomic E-state index is 12.9. The lowest BCUT2D eigenvalue weighted by molar-refractivity contribution is 0.0976. The molecule has 136 valence electrons. The third-order valence-corrected chi connectivity index (χ3v) is 6.69. The van der Waals surface area contributed by atoms with E-state index in [1.165, 1.54) is 16.4 Å². The molecule has 2 heterocycles. The highest BCUT2D eigenvalue weighted by Crippen LogP contribution is 2.32. The molecule has 2 aliphatic heterocycles. The highest BCUT2D eigenvalue weighted by Gasteiger charge is 2.28. The van der Waals surface area contributed by atoms with E-state index in [2.05, 4.69) is 0 Å². The summed E-state index contributed by atoms with van der Waals surface area (Å²) in [6, 6.07) is 13.6. The van der Waals surface area contributed by atoms with Crippen LogP contribution in [0.25, 0.3) is 0 Å². The van der Waals surface area contributed by atoms with Crippen LogP contribution in [-0.2, 0) is 10.0 Å². The molecule has 0 radical (unpaired) electrons. The number of carbonyl (C=O) groups excluding carboxylic acids is 1. The highest BCUT2D eigenvalue weighted by atomic mass is 32.2. The lowest BCUT2D eigenvalue weighted by atomic mass is 10.1. The van der Waals surface area contributed by atoms with E-state index in [0.29, 0.717) is 37.6 Å². The van der Waals surface area contributed by atoms with Crippen molar-refractivity contribution >= 4 is 21.6 Å². The van der Waals surface area contributed by atoms with Gasteiger partial charge in [0.25, 0.3) is 5.91 Å². The standard InChI is InChI=1S/C19H20N2O4S/c22-19(21-13-14-25-18-6-2-1-5-17(18)21)15-7-9-16(10-8-15)26(23,24)20-11-3-4-12-20/h1-2,5-10H,3-4,11-14H2. The monoisotopic (exact) mass is 372 g/mol. The minimum atomic E-state index is -3.47. The molecule has 0 bridgehead atoms. The number of amides is 1. The number of hydrogen-bond donors (Lipinski definition) is 0. The van der Waals surface area contributed by atoms with Crippen molar-refractivity contribution in [2.45, 2.75) is 17.7 Å². The van der Waals surface area contributed by atoms with E-state index in [0.717, 1.165) is 18.5 Å². The summed E-state index contributed by atoms with van der Waals surface area (Å²) in [5, 5.41) is 0. The fourth-order valence-corrected chi connectivity index (χ4v) is 4.90. The predicted molar refractivity (Wildman–Crippen MR) is 98.0 cm³/mol. The van der Waals surface area contributed by atoms with E-state index < -0.39 is 10.0 Å². The maximum Gasteiger partial charge on any atom is 0.258 e. The van der Waals surface area contributed by atoms with Gasteiger partial charge in [-0.15, -0.1) is 0 Å². The Morgan fingerprint density at radius 3 is 2.35 bits per heavy atom. The summed E-state index contributed by atoms with van der Waals surface area (Å²) in [6.07, 6.45) is 1.79. The second-order valence-electron chi connectivity index (χ2n) is 6.41. The number of carbonyl (C=O) groups is 1. The van der Waals surface area contributed by atoms with E-state index in [9.17, 15) is 13.2 Å². The smallest absolute Gasteiger partial charge is 0.258 e. The number of rotatable bonds is 3. The van der Waals surface area contributed by atoms with Gasteiger partial charge in [0.05, 0.1) is 17.1 Å². The van der Waals surface area contributed by atoms with Crippen LogP contribution in [0.5, 0.6) is 5.75 Å². The number of benzene rings is 2. The van der Waals surface area contributed by atoms with Gasteiger partial charge in [-0.2, -0.15) is 4.31 Å². The molecular weight excluding hydrogens is 352 g/mol. The number of para-hydroxylation sites is 2. The van der Waals surface area contributed by atoms with Crippen molar-refractivity contribution in [2.75, 3.05) is 31.1 Å². The molecule has 1 amide bonds. The van der Waals surface area contributed by atoms with Gasteiger partial charge in [-0.1, -0.05) is 12.1 Å². The first-order valence-corrected chi connectivity index (χ1v) is 10.2. The molecule has 0 aliphatic carbocycles. The summed E-state index contributed by atoms with van der Waals surface area (Å²) >= 11 is 0. The van der Waals surface area contributed by atoms with E-state index in [4.69, 9.17) is 4.74 Å². The van der Waals surface area contributed by atoms with Crippen LogP contribution < -0.4 is 9.64 Å². The van der Waals surface area contributed by atoms with Gasteiger partial charge in [-0.3, -0.25) is 4.79 Å². The van der Waals surface area contributed by atoms with Crippen molar-refractivity contribution in [1.29, 1.82) is 0 Å². The molecule has 1 saturated heterocycles. The summed E-state index contributed by atoms with van der Waals surface area (Å²) in [7, 11) is -3.47. The lowest BCUT2D eigenvalue weighted by Gasteiger charge is -2.29. The van der Waals surface area contributed by atoms with E-state index in [1.807, 2.05) is 24.3 Å². The molecule has 26 heavy (non-hydrogen) atoms. The van der Waals surface area contributed by atoms with Crippen molar-refractivity contribution < 1.29 is 17.9 Å². The Hall–Kier alpha value is -2.38. The number of fused-ring (bicyclic) bond motifs is 1. The van der Waals surface area contributed by atoms with Crippen LogP contribution in [0.4, 0.5) is 5.69 Å². The number of anilines is 1. The zero-order valence-electron chi connectivity index (χ0n) is 14.3. The molecule has 1 fully saturated rings. The fourth-order valence-electron chi connectivity index (χ4n) is 3.38. The molecule has 0 unspecified atom stereocenters. The molecule has 2 aliphatic rings. The van der Waals surface area contributed by atoms with Crippen molar-refractivity contribution in [3.63, 3.8) is 0 Å². The Balaban J connectivity index is 1.59. The van der Waals surface area contributed by atoms with Crippen LogP contribution in [0.1, 0.15) is 23.2 Å². The topological polar surface area (TPSA) is 66.9 Å². The normalized spacial score (nSPS) is 17.6. The summed E-state index contributed by atoms with van der Waals surface area (Å²) in [5.41, 5.74) is 1.19. The van der Waals surface area contributed by atoms with Crippen LogP contribution in [0, 0.1) is 0 Å². The lowest BCUT2D eigenvalue weighted by Crippen LogP contribution is -2.37. The number of sulfonamides is 1. The average molecular weight is 372 g/mol. The third kappa shape index (κ3) is 2.97. The molecule has 0 aromatic heterocycles. The van der Waals surface area contributed by atoms with Gasteiger partial charge in [-0.05, 0) is 49.2 Å². The molecule has 2 aromatic carbocycles. The van der Waals surface area contributed by atoms with Crippen molar-refractivity contribution in [3.8, 4) is 5.75 Å². The number of ether oxygens (including phenoxy) is 1. The van der Waals surface area contributed by atoms with Crippen LogP contribution in [0.2, 0.25) is 0 Å². The van der Waals surface area contributed by atoms with Crippen molar-refractivity contribution in [3.05, 3.63) is 54.1 Å². The molecule has 2 aromatic rings. The number of nitrogens with zero attached hydrogens (tertiary/aromatic N) is 2. The molecular formula is C19H20N2O4S. The quantitative estimate of drug-likeness (QED) is 0.830. The largest absolute Gasteiger partial charge is 0.490 e. The minimum absolute atomic E-state index is 0.161. The van der Waals surface area contributed by atoms with Crippen LogP contribution in [0.15, 0.2) is 53.4 Å². The van der Waals surface area contributed by atoms with Crippen LogP contribution >= 0.6 is 0 Å². The highest BCUT2D eigenvalue weighted by molar-refractivity contribution is 7.89. The zero-order chi connectivity index (χ0) is 18.1. The first-order valence-electron chi connectivity index (χ1n) is 8.71. The molecule has 0 saturated carbocycles. The molecule has 0 N–H and O–H groups in total.